The van der Waals surface area contributed by atoms with Crippen LogP contribution in [0.1, 0.15) is 23.6 Å². The van der Waals surface area contributed by atoms with Gasteiger partial charge < -0.3 is 9.64 Å². The van der Waals surface area contributed by atoms with Crippen molar-refractivity contribution in [1.82, 2.24) is 24.7 Å². The molecule has 4 heterocycles. The minimum atomic E-state index is -2.47. The van der Waals surface area contributed by atoms with Gasteiger partial charge in [0.15, 0.2) is 17.3 Å². The Bertz CT molecular complexity index is 2010. The maximum absolute atomic E-state index is 12.8. The topological polar surface area (TPSA) is 98.4 Å². The maximum Gasteiger partial charge on any atom is 0.167 e. The molecule has 1 fully saturated rings. The first-order valence-corrected chi connectivity index (χ1v) is 17.6. The summed E-state index contributed by atoms with van der Waals surface area (Å²) in [6.45, 7) is 3.98. The van der Waals surface area contributed by atoms with E-state index in [1.54, 1.807) is 18.7 Å². The average Bonchev–Trinajstić information content (AvgIpc) is 3.51. The van der Waals surface area contributed by atoms with Crippen LogP contribution in [0.2, 0.25) is 0 Å². The molecule has 7 rings (SSSR count). The fourth-order valence-electron chi connectivity index (χ4n) is 6.30. The van der Waals surface area contributed by atoms with Crippen molar-refractivity contribution >= 4 is 32.4 Å². The molecule has 0 spiro atoms. The van der Waals surface area contributed by atoms with Crippen molar-refractivity contribution in [1.29, 1.82) is 0 Å². The lowest BCUT2D eigenvalue weighted by atomic mass is 9.77. The fourth-order valence-corrected chi connectivity index (χ4v) is 6.85. The molecule has 0 aliphatic carbocycles. The van der Waals surface area contributed by atoms with E-state index >= 15 is 0 Å². The molecule has 10 heteroatoms. The maximum atomic E-state index is 12.8. The zero-order chi connectivity index (χ0) is 31.7. The molecule has 0 amide bonds. The molecule has 46 heavy (non-hydrogen) atoms. The molecule has 1 aliphatic rings. The standard InChI is InChI=1S/C36H35N7O2S/c1-26-25-45-22-21-42(26)33-23-32(41-46(2,3)44)39-34(40-33)30-19-20-37-35-31(30)24-38-43(35)36(27-13-7-4-8-14-27,28-15-9-5-10-16-28)29-17-11-6-12-18-29/h4-20,23-24,26H,21-22,25H2,1-3H3/t26-/m1/s1. The predicted octanol–water partition coefficient (Wildman–Crippen LogP) is 6.31. The van der Waals surface area contributed by atoms with Crippen molar-refractivity contribution in [2.24, 2.45) is 4.36 Å². The molecule has 3 aromatic carbocycles. The summed E-state index contributed by atoms with van der Waals surface area (Å²) < 4.78 is 25.0. The molecular weight excluding hydrogens is 595 g/mol. The molecule has 6 aromatic rings. The van der Waals surface area contributed by atoms with Crippen molar-refractivity contribution in [3.8, 4) is 11.4 Å². The summed E-state index contributed by atoms with van der Waals surface area (Å²) >= 11 is 0. The van der Waals surface area contributed by atoms with Crippen LogP contribution in [0.25, 0.3) is 22.4 Å². The van der Waals surface area contributed by atoms with Crippen molar-refractivity contribution in [3.05, 3.63) is 132 Å². The summed E-state index contributed by atoms with van der Waals surface area (Å²) in [6, 6.07) is 35.0. The summed E-state index contributed by atoms with van der Waals surface area (Å²) in [7, 11) is -2.47. The van der Waals surface area contributed by atoms with Crippen molar-refractivity contribution in [2.45, 2.75) is 18.5 Å². The van der Waals surface area contributed by atoms with Crippen molar-refractivity contribution < 1.29 is 8.95 Å². The van der Waals surface area contributed by atoms with Gasteiger partial charge in [0.2, 0.25) is 0 Å². The molecule has 0 bridgehead atoms. The smallest absolute Gasteiger partial charge is 0.167 e. The lowest BCUT2D eigenvalue weighted by molar-refractivity contribution is 0.0985. The third kappa shape index (κ3) is 5.44. The highest BCUT2D eigenvalue weighted by atomic mass is 32.2. The van der Waals surface area contributed by atoms with Crippen LogP contribution >= 0.6 is 0 Å². The molecule has 1 aliphatic heterocycles. The molecule has 0 saturated carbocycles. The summed E-state index contributed by atoms with van der Waals surface area (Å²) in [5, 5.41) is 5.88. The van der Waals surface area contributed by atoms with Crippen LogP contribution in [0.3, 0.4) is 0 Å². The average molecular weight is 630 g/mol. The third-order valence-corrected chi connectivity index (χ3v) is 8.91. The normalized spacial score (nSPS) is 15.6. The van der Waals surface area contributed by atoms with Gasteiger partial charge in [0.1, 0.15) is 11.4 Å². The number of ether oxygens (including phenoxy) is 1. The van der Waals surface area contributed by atoms with E-state index in [-0.39, 0.29) is 6.04 Å². The number of hydrogen-bond acceptors (Lipinski definition) is 8. The lowest BCUT2D eigenvalue weighted by Crippen LogP contribution is -2.44. The molecule has 1 atom stereocenters. The van der Waals surface area contributed by atoms with Crippen LogP contribution in [0.4, 0.5) is 11.6 Å². The number of hydrogen-bond donors (Lipinski definition) is 0. The van der Waals surface area contributed by atoms with E-state index < -0.39 is 15.3 Å². The van der Waals surface area contributed by atoms with E-state index in [2.05, 4.69) is 89.0 Å². The second-order valence-electron chi connectivity index (χ2n) is 11.8. The number of aromatic nitrogens is 5. The first-order chi connectivity index (χ1) is 22.3. The van der Waals surface area contributed by atoms with E-state index in [1.165, 1.54) is 0 Å². The first kappa shape index (κ1) is 29.8. The summed E-state index contributed by atoms with van der Waals surface area (Å²) in [5.74, 6) is 1.56. The quantitative estimate of drug-likeness (QED) is 0.191. The van der Waals surface area contributed by atoms with E-state index in [1.807, 2.05) is 41.2 Å². The molecule has 0 radical (unpaired) electrons. The Morgan fingerprint density at radius 3 is 2.04 bits per heavy atom. The van der Waals surface area contributed by atoms with Gasteiger partial charge in [-0.3, -0.25) is 0 Å². The van der Waals surface area contributed by atoms with Crippen LogP contribution in [-0.4, -0.2) is 67.3 Å². The Kier molecular flexibility index (Phi) is 7.84. The Morgan fingerprint density at radius 2 is 1.48 bits per heavy atom. The molecule has 1 saturated heterocycles. The van der Waals surface area contributed by atoms with E-state index in [9.17, 15) is 4.21 Å². The van der Waals surface area contributed by atoms with E-state index in [4.69, 9.17) is 24.8 Å². The zero-order valence-corrected chi connectivity index (χ0v) is 26.8. The summed E-state index contributed by atoms with van der Waals surface area (Å²) in [6.07, 6.45) is 6.83. The van der Waals surface area contributed by atoms with Gasteiger partial charge in [0.05, 0.1) is 30.8 Å². The number of morpholine rings is 1. The Morgan fingerprint density at radius 1 is 0.870 bits per heavy atom. The van der Waals surface area contributed by atoms with Crippen molar-refractivity contribution in [2.75, 3.05) is 37.2 Å². The number of fused-ring (bicyclic) bond motifs is 1. The number of pyridine rings is 1. The number of benzene rings is 3. The molecule has 9 nitrogen and oxygen atoms in total. The van der Waals surface area contributed by atoms with Gasteiger partial charge in [-0.1, -0.05) is 91.0 Å². The minimum absolute atomic E-state index is 0.111. The fraction of sp³-hybridized carbons (Fsp3) is 0.222. The Balaban J connectivity index is 1.50. The molecule has 0 N–H and O–H groups in total. The number of anilines is 1. The molecule has 3 aromatic heterocycles. The van der Waals surface area contributed by atoms with E-state index in [0.717, 1.165) is 27.6 Å². The largest absolute Gasteiger partial charge is 0.377 e. The third-order valence-electron chi connectivity index (χ3n) is 8.28. The number of nitrogens with zero attached hydrogens (tertiary/aromatic N) is 7. The second-order valence-corrected chi connectivity index (χ2v) is 14.3. The van der Waals surface area contributed by atoms with Gasteiger partial charge in [-0.15, -0.1) is 0 Å². The molecule has 0 unspecified atom stereocenters. The monoisotopic (exact) mass is 629 g/mol. The predicted molar refractivity (Wildman–Crippen MR) is 183 cm³/mol. The summed E-state index contributed by atoms with van der Waals surface area (Å²) in [5.41, 5.74) is 3.75. The van der Waals surface area contributed by atoms with Gasteiger partial charge in [-0.25, -0.2) is 23.8 Å². The van der Waals surface area contributed by atoms with Crippen LogP contribution in [-0.2, 0) is 20.0 Å². The van der Waals surface area contributed by atoms with E-state index in [0.29, 0.717) is 42.9 Å². The zero-order valence-electron chi connectivity index (χ0n) is 26.0. The van der Waals surface area contributed by atoms with Gasteiger partial charge in [0, 0.05) is 46.6 Å². The molecule has 232 valence electrons. The Labute approximate surface area is 269 Å². The van der Waals surface area contributed by atoms with Gasteiger partial charge >= 0.3 is 0 Å². The first-order valence-electron chi connectivity index (χ1n) is 15.3. The van der Waals surface area contributed by atoms with Crippen LogP contribution in [0.5, 0.6) is 0 Å². The lowest BCUT2D eigenvalue weighted by Gasteiger charge is -2.36. The van der Waals surface area contributed by atoms with Crippen LogP contribution in [0, 0.1) is 0 Å². The highest BCUT2D eigenvalue weighted by Gasteiger charge is 2.41. The second kappa shape index (κ2) is 12.1. The Hall–Kier alpha value is -4.93. The SMILES string of the molecule is C[C@@H]1COCCN1c1cc(N=S(C)(C)=O)nc(-c2ccnc3c2cnn3C(c2ccccc2)(c2ccccc2)c2ccccc2)n1. The highest BCUT2D eigenvalue weighted by molar-refractivity contribution is 7.92. The minimum Gasteiger partial charge on any atom is -0.377 e. The highest BCUT2D eigenvalue weighted by Crippen LogP contribution is 2.42. The summed E-state index contributed by atoms with van der Waals surface area (Å²) in [4.78, 5) is 17.0. The van der Waals surface area contributed by atoms with Gasteiger partial charge in [-0.2, -0.15) is 9.46 Å². The van der Waals surface area contributed by atoms with Crippen LogP contribution < -0.4 is 4.90 Å². The van der Waals surface area contributed by atoms with Crippen molar-refractivity contribution in [3.63, 3.8) is 0 Å². The van der Waals surface area contributed by atoms with Gasteiger partial charge in [0.25, 0.3) is 0 Å². The van der Waals surface area contributed by atoms with Gasteiger partial charge in [-0.05, 0) is 29.7 Å². The number of rotatable bonds is 7. The molecular formula is C36H35N7O2S. The van der Waals surface area contributed by atoms with Crippen LogP contribution in [0.15, 0.2) is 120 Å².